The van der Waals surface area contributed by atoms with E-state index in [4.69, 9.17) is 0 Å². The molecule has 2 aliphatic heterocycles. The second kappa shape index (κ2) is 7.12. The van der Waals surface area contributed by atoms with Crippen molar-refractivity contribution in [2.75, 3.05) is 37.7 Å². The Morgan fingerprint density at radius 2 is 2.26 bits per heavy atom. The van der Waals surface area contributed by atoms with Gasteiger partial charge in [0.15, 0.2) is 11.6 Å². The minimum Gasteiger partial charge on any atom is -0.396 e. The van der Waals surface area contributed by atoms with Gasteiger partial charge in [-0.1, -0.05) is 0 Å². The molecule has 2 fully saturated rings. The molecule has 0 spiro atoms. The van der Waals surface area contributed by atoms with Crippen LogP contribution < -0.4 is 10.2 Å². The fourth-order valence-electron chi connectivity index (χ4n) is 3.34. The summed E-state index contributed by atoms with van der Waals surface area (Å²) in [5, 5.41) is 12.3. The van der Waals surface area contributed by atoms with Gasteiger partial charge < -0.3 is 20.2 Å². The maximum atomic E-state index is 13.8. The highest BCUT2D eigenvalue weighted by Crippen LogP contribution is 2.21. The Morgan fingerprint density at radius 3 is 3.04 bits per heavy atom. The zero-order valence-corrected chi connectivity index (χ0v) is 13.1. The molecule has 2 amide bonds. The number of likely N-dealkylation sites (tertiary alicyclic amines) is 1. The molecule has 3 rings (SSSR count). The Kier molecular flexibility index (Phi) is 4.95. The summed E-state index contributed by atoms with van der Waals surface area (Å²) in [6.45, 7) is 2.70. The molecule has 2 N–H and O–H groups in total. The number of carbonyl (C=O) groups is 1. The van der Waals surface area contributed by atoms with Crippen LogP contribution >= 0.6 is 0 Å². The minimum absolute atomic E-state index is 0.00147. The molecule has 2 aliphatic rings. The van der Waals surface area contributed by atoms with Gasteiger partial charge in [0.1, 0.15) is 0 Å². The van der Waals surface area contributed by atoms with E-state index in [1.165, 1.54) is 6.07 Å². The van der Waals surface area contributed by atoms with Gasteiger partial charge in [0.05, 0.1) is 0 Å². The first-order chi connectivity index (χ1) is 11.2. The summed E-state index contributed by atoms with van der Waals surface area (Å²) in [6, 6.07) is 2.88. The summed E-state index contributed by atoms with van der Waals surface area (Å²) in [4.78, 5) is 20.1. The fourth-order valence-corrected chi connectivity index (χ4v) is 3.34. The van der Waals surface area contributed by atoms with Gasteiger partial charge in [-0.25, -0.2) is 14.2 Å². The summed E-state index contributed by atoms with van der Waals surface area (Å²) in [7, 11) is 0. The second-order valence-corrected chi connectivity index (χ2v) is 6.33. The fraction of sp³-hybridized carbons (Fsp3) is 0.625. The monoisotopic (exact) mass is 322 g/mol. The Hall–Kier alpha value is -1.89. The number of hydrogen-bond donors (Lipinski definition) is 2. The summed E-state index contributed by atoms with van der Waals surface area (Å²) in [5.74, 6) is 0.195. The van der Waals surface area contributed by atoms with E-state index in [-0.39, 0.29) is 30.4 Å². The SMILES string of the molecule is O=C(NC1CCN(c2ncccc2F)C1)N1CCCC(CO)C1. The number of amides is 2. The molecule has 7 heteroatoms. The molecular formula is C16H23FN4O2. The molecule has 0 aliphatic carbocycles. The molecule has 0 aromatic carbocycles. The minimum atomic E-state index is -0.332. The smallest absolute Gasteiger partial charge is 0.317 e. The van der Waals surface area contributed by atoms with E-state index in [9.17, 15) is 14.3 Å². The molecule has 6 nitrogen and oxygen atoms in total. The van der Waals surface area contributed by atoms with Crippen LogP contribution in [-0.2, 0) is 0 Å². The lowest BCUT2D eigenvalue weighted by molar-refractivity contribution is 0.128. The average Bonchev–Trinajstić information content (AvgIpc) is 3.03. The van der Waals surface area contributed by atoms with Gasteiger partial charge in [-0.05, 0) is 37.3 Å². The molecule has 0 radical (unpaired) electrons. The molecule has 3 heterocycles. The van der Waals surface area contributed by atoms with Crippen LogP contribution in [0.4, 0.5) is 15.0 Å². The van der Waals surface area contributed by atoms with E-state index in [0.717, 1.165) is 25.8 Å². The van der Waals surface area contributed by atoms with Gasteiger partial charge in [-0.15, -0.1) is 0 Å². The number of halogens is 1. The Bertz CT molecular complexity index is 557. The predicted molar refractivity (Wildman–Crippen MR) is 84.7 cm³/mol. The predicted octanol–water partition coefficient (Wildman–Crippen LogP) is 1.21. The van der Waals surface area contributed by atoms with E-state index in [0.29, 0.717) is 25.5 Å². The van der Waals surface area contributed by atoms with Crippen molar-refractivity contribution >= 4 is 11.8 Å². The molecule has 1 aromatic rings. The van der Waals surface area contributed by atoms with Gasteiger partial charge in [-0.3, -0.25) is 0 Å². The second-order valence-electron chi connectivity index (χ2n) is 6.33. The number of aliphatic hydroxyl groups is 1. The molecule has 1 aromatic heterocycles. The number of urea groups is 1. The number of nitrogens with zero attached hydrogens (tertiary/aromatic N) is 3. The van der Waals surface area contributed by atoms with E-state index in [1.54, 1.807) is 17.2 Å². The van der Waals surface area contributed by atoms with Gasteiger partial charge in [0.25, 0.3) is 0 Å². The van der Waals surface area contributed by atoms with Crippen molar-refractivity contribution in [3.8, 4) is 0 Å². The first kappa shape index (κ1) is 16.0. The highest BCUT2D eigenvalue weighted by Gasteiger charge is 2.29. The normalized spacial score (nSPS) is 24.8. The third-order valence-electron chi connectivity index (χ3n) is 4.62. The molecule has 23 heavy (non-hydrogen) atoms. The summed E-state index contributed by atoms with van der Waals surface area (Å²) in [6.07, 6.45) is 4.25. The van der Waals surface area contributed by atoms with Gasteiger partial charge in [0, 0.05) is 45.0 Å². The summed E-state index contributed by atoms with van der Waals surface area (Å²) in [5.41, 5.74) is 0. The lowest BCUT2D eigenvalue weighted by atomic mass is 9.99. The van der Waals surface area contributed by atoms with Crippen LogP contribution in [0, 0.1) is 11.7 Å². The molecule has 0 bridgehead atoms. The lowest BCUT2D eigenvalue weighted by Gasteiger charge is -2.32. The van der Waals surface area contributed by atoms with Crippen molar-refractivity contribution in [3.63, 3.8) is 0 Å². The molecule has 2 atom stereocenters. The first-order valence-electron chi connectivity index (χ1n) is 8.19. The summed E-state index contributed by atoms with van der Waals surface area (Å²) >= 11 is 0. The van der Waals surface area contributed by atoms with E-state index >= 15 is 0 Å². The number of rotatable bonds is 3. The van der Waals surface area contributed by atoms with Gasteiger partial charge in [-0.2, -0.15) is 0 Å². The number of carbonyl (C=O) groups excluding carboxylic acids is 1. The molecular weight excluding hydrogens is 299 g/mol. The van der Waals surface area contributed by atoms with Gasteiger partial charge in [0.2, 0.25) is 0 Å². The largest absolute Gasteiger partial charge is 0.396 e. The van der Waals surface area contributed by atoms with Crippen LogP contribution in [-0.4, -0.2) is 59.8 Å². The van der Waals surface area contributed by atoms with Crippen molar-refractivity contribution < 1.29 is 14.3 Å². The number of anilines is 1. The number of pyridine rings is 1. The zero-order valence-electron chi connectivity index (χ0n) is 13.1. The molecule has 0 saturated carbocycles. The van der Waals surface area contributed by atoms with Crippen molar-refractivity contribution in [2.24, 2.45) is 5.92 Å². The standard InChI is InChI=1S/C16H23FN4O2/c17-14-4-1-6-18-15(14)20-8-5-13(10-20)19-16(23)21-7-2-3-12(9-21)11-22/h1,4,6,12-13,22H,2-3,5,7-11H2,(H,19,23). The van der Waals surface area contributed by atoms with Crippen LogP contribution in [0.15, 0.2) is 18.3 Å². The maximum absolute atomic E-state index is 13.8. The third-order valence-corrected chi connectivity index (χ3v) is 4.62. The number of nitrogens with one attached hydrogen (secondary N) is 1. The average molecular weight is 322 g/mol. The molecule has 2 unspecified atom stereocenters. The third kappa shape index (κ3) is 3.72. The van der Waals surface area contributed by atoms with Crippen molar-refractivity contribution in [3.05, 3.63) is 24.1 Å². The van der Waals surface area contributed by atoms with Crippen LogP contribution in [0.5, 0.6) is 0 Å². The Labute approximate surface area is 135 Å². The summed E-state index contributed by atoms with van der Waals surface area (Å²) < 4.78 is 13.8. The van der Waals surface area contributed by atoms with Crippen molar-refractivity contribution in [1.82, 2.24) is 15.2 Å². The number of hydrogen-bond acceptors (Lipinski definition) is 4. The van der Waals surface area contributed by atoms with Crippen molar-refractivity contribution in [2.45, 2.75) is 25.3 Å². The number of piperidine rings is 1. The highest BCUT2D eigenvalue weighted by molar-refractivity contribution is 5.74. The van der Waals surface area contributed by atoms with Crippen LogP contribution in [0.25, 0.3) is 0 Å². The van der Waals surface area contributed by atoms with Crippen LogP contribution in [0.3, 0.4) is 0 Å². The Morgan fingerprint density at radius 1 is 1.39 bits per heavy atom. The number of aromatic nitrogens is 1. The lowest BCUT2D eigenvalue weighted by Crippen LogP contribution is -2.49. The van der Waals surface area contributed by atoms with Crippen LogP contribution in [0.2, 0.25) is 0 Å². The molecule has 2 saturated heterocycles. The zero-order chi connectivity index (χ0) is 16.2. The van der Waals surface area contributed by atoms with Gasteiger partial charge >= 0.3 is 6.03 Å². The van der Waals surface area contributed by atoms with E-state index in [2.05, 4.69) is 10.3 Å². The highest BCUT2D eigenvalue weighted by atomic mass is 19.1. The van der Waals surface area contributed by atoms with Crippen LogP contribution in [0.1, 0.15) is 19.3 Å². The Balaban J connectivity index is 1.53. The first-order valence-corrected chi connectivity index (χ1v) is 8.19. The molecule has 126 valence electrons. The maximum Gasteiger partial charge on any atom is 0.317 e. The van der Waals surface area contributed by atoms with E-state index in [1.807, 2.05) is 4.90 Å². The number of aliphatic hydroxyl groups excluding tert-OH is 1. The van der Waals surface area contributed by atoms with Crippen molar-refractivity contribution in [1.29, 1.82) is 0 Å². The quantitative estimate of drug-likeness (QED) is 0.878. The topological polar surface area (TPSA) is 68.7 Å². The van der Waals surface area contributed by atoms with E-state index < -0.39 is 0 Å².